The molecule has 0 bridgehead atoms. The quantitative estimate of drug-likeness (QED) is 0.318. The van der Waals surface area contributed by atoms with Crippen molar-refractivity contribution < 1.29 is 19.5 Å². The minimum absolute atomic E-state index is 0.117. The number of oxime groups is 1. The van der Waals surface area contributed by atoms with Crippen LogP contribution in [0, 0.1) is 0 Å². The molecule has 0 fully saturated rings. The molecule has 2 aliphatic heterocycles. The lowest BCUT2D eigenvalue weighted by Crippen LogP contribution is -2.44. The van der Waals surface area contributed by atoms with Crippen LogP contribution in [0.15, 0.2) is 40.3 Å². The molecule has 8 heteroatoms. The van der Waals surface area contributed by atoms with Crippen molar-refractivity contribution in [1.82, 2.24) is 9.55 Å². The number of benzene rings is 1. The van der Waals surface area contributed by atoms with Gasteiger partial charge in [-0.3, -0.25) is 4.79 Å². The number of pyridine rings is 2. The third kappa shape index (κ3) is 2.50. The van der Waals surface area contributed by atoms with Gasteiger partial charge in [0.15, 0.2) is 5.60 Å². The first-order valence-corrected chi connectivity index (χ1v) is 9.63. The van der Waals surface area contributed by atoms with Crippen molar-refractivity contribution in [2.45, 2.75) is 32.1 Å². The van der Waals surface area contributed by atoms with Gasteiger partial charge in [-0.25, -0.2) is 9.78 Å². The van der Waals surface area contributed by atoms with Gasteiger partial charge in [-0.2, -0.15) is 0 Å². The van der Waals surface area contributed by atoms with Crippen molar-refractivity contribution >= 4 is 23.1 Å². The van der Waals surface area contributed by atoms with E-state index in [-0.39, 0.29) is 18.6 Å². The molecule has 0 saturated carbocycles. The van der Waals surface area contributed by atoms with E-state index in [4.69, 9.17) is 14.6 Å². The molecule has 1 aromatic carbocycles. The van der Waals surface area contributed by atoms with Crippen molar-refractivity contribution in [2.24, 2.45) is 5.16 Å². The van der Waals surface area contributed by atoms with Gasteiger partial charge in [0.05, 0.1) is 35.2 Å². The molecule has 3 aromatic rings. The zero-order valence-corrected chi connectivity index (χ0v) is 16.5. The van der Waals surface area contributed by atoms with E-state index in [1.54, 1.807) is 23.8 Å². The summed E-state index contributed by atoms with van der Waals surface area (Å²) >= 11 is 0. The molecule has 0 amide bonds. The molecular formula is C22H19N3O5. The monoisotopic (exact) mass is 405 g/mol. The lowest BCUT2D eigenvalue weighted by molar-refractivity contribution is -0.172. The third-order valence-corrected chi connectivity index (χ3v) is 5.84. The van der Waals surface area contributed by atoms with Crippen LogP contribution in [0.1, 0.15) is 35.6 Å². The Morgan fingerprint density at radius 3 is 2.93 bits per heavy atom. The van der Waals surface area contributed by atoms with Crippen molar-refractivity contribution in [3.63, 3.8) is 0 Å². The van der Waals surface area contributed by atoms with Crippen LogP contribution in [0.25, 0.3) is 22.3 Å². The smallest absolute Gasteiger partial charge is 0.343 e. The van der Waals surface area contributed by atoms with Crippen LogP contribution in [0.4, 0.5) is 0 Å². The zero-order valence-electron chi connectivity index (χ0n) is 16.5. The average molecular weight is 405 g/mol. The van der Waals surface area contributed by atoms with Crippen molar-refractivity contribution in [3.8, 4) is 11.4 Å². The summed E-state index contributed by atoms with van der Waals surface area (Å²) in [5.74, 6) is -0.725. The molecule has 0 unspecified atom stereocenters. The van der Waals surface area contributed by atoms with E-state index < -0.39 is 11.6 Å². The number of esters is 1. The molecule has 1 N–H and O–H groups in total. The number of carbonyl (C=O) groups is 1. The predicted octanol–water partition coefficient (Wildman–Crippen LogP) is 2.06. The molecule has 2 aromatic heterocycles. The van der Waals surface area contributed by atoms with Gasteiger partial charge >= 0.3 is 5.97 Å². The van der Waals surface area contributed by atoms with Crippen LogP contribution in [0.2, 0.25) is 0 Å². The summed E-state index contributed by atoms with van der Waals surface area (Å²) in [5, 5.41) is 15.6. The SMILES string of the molecule is CC[C@@]1(O)C(=O)OCc2c1cc1n(c2=O)Cc2cc3cc(/C=N/OC)ccc3nc2-1. The second-order valence-electron chi connectivity index (χ2n) is 7.47. The molecule has 152 valence electrons. The first-order chi connectivity index (χ1) is 14.5. The Kier molecular flexibility index (Phi) is 4.01. The molecule has 2 aliphatic rings. The third-order valence-electron chi connectivity index (χ3n) is 5.84. The molecule has 0 spiro atoms. The second kappa shape index (κ2) is 6.50. The van der Waals surface area contributed by atoms with Gasteiger partial charge in [-0.15, -0.1) is 0 Å². The number of carbonyl (C=O) groups excluding carboxylic acids is 1. The first-order valence-electron chi connectivity index (χ1n) is 9.63. The van der Waals surface area contributed by atoms with Crippen molar-refractivity contribution in [1.29, 1.82) is 0 Å². The van der Waals surface area contributed by atoms with Gasteiger partial charge in [0, 0.05) is 16.5 Å². The summed E-state index contributed by atoms with van der Waals surface area (Å²) in [6.07, 6.45) is 1.73. The molecule has 30 heavy (non-hydrogen) atoms. The molecule has 0 saturated heterocycles. The van der Waals surface area contributed by atoms with E-state index in [0.29, 0.717) is 29.1 Å². The number of hydrogen-bond acceptors (Lipinski definition) is 7. The van der Waals surface area contributed by atoms with Gasteiger partial charge < -0.3 is 19.2 Å². The summed E-state index contributed by atoms with van der Waals surface area (Å²) < 4.78 is 6.72. The standard InChI is InChI=1S/C22H19N3O5/c1-3-22(28)16-8-18-19-14(10-25(18)20(26)15(16)11-30-21(22)27)7-13-6-12(9-23-29-2)4-5-17(13)24-19/h4-9,28H,3,10-11H2,1-2H3/b23-9+/t22-/m0/s1. The van der Waals surface area contributed by atoms with Gasteiger partial charge in [-0.05, 0) is 36.2 Å². The Morgan fingerprint density at radius 1 is 1.33 bits per heavy atom. The molecule has 0 aliphatic carbocycles. The lowest BCUT2D eigenvalue weighted by Gasteiger charge is -2.31. The molecular weight excluding hydrogens is 386 g/mol. The molecule has 8 nitrogen and oxygen atoms in total. The number of fused-ring (bicyclic) bond motifs is 5. The fourth-order valence-electron chi connectivity index (χ4n) is 4.20. The van der Waals surface area contributed by atoms with Gasteiger partial charge in [0.2, 0.25) is 0 Å². The Balaban J connectivity index is 1.70. The van der Waals surface area contributed by atoms with Gasteiger partial charge in [0.25, 0.3) is 5.56 Å². The maximum Gasteiger partial charge on any atom is 0.343 e. The maximum atomic E-state index is 13.2. The Bertz CT molecular complexity index is 1310. The summed E-state index contributed by atoms with van der Waals surface area (Å²) in [5.41, 5.74) is 2.37. The summed E-state index contributed by atoms with van der Waals surface area (Å²) in [4.78, 5) is 34.9. The molecule has 1 atom stereocenters. The minimum Gasteiger partial charge on any atom is -0.458 e. The van der Waals surface area contributed by atoms with Crippen LogP contribution < -0.4 is 5.56 Å². The number of nitrogens with zero attached hydrogens (tertiary/aromatic N) is 3. The zero-order chi connectivity index (χ0) is 21.0. The van der Waals surface area contributed by atoms with Crippen LogP contribution in [0.3, 0.4) is 0 Å². The van der Waals surface area contributed by atoms with Crippen LogP contribution in [-0.4, -0.2) is 34.0 Å². The number of rotatable bonds is 3. The molecule has 5 rings (SSSR count). The summed E-state index contributed by atoms with van der Waals surface area (Å²) in [6, 6.07) is 9.42. The van der Waals surface area contributed by atoms with Crippen molar-refractivity contribution in [2.75, 3.05) is 7.11 Å². The minimum atomic E-state index is -1.82. The topological polar surface area (TPSA) is 103 Å². The van der Waals surface area contributed by atoms with E-state index in [1.165, 1.54) is 7.11 Å². The number of hydrogen-bond donors (Lipinski definition) is 1. The Hall–Kier alpha value is -3.52. The van der Waals surface area contributed by atoms with Crippen LogP contribution in [0.5, 0.6) is 0 Å². The van der Waals surface area contributed by atoms with Crippen molar-refractivity contribution in [3.05, 3.63) is 62.9 Å². The maximum absolute atomic E-state index is 13.2. The van der Waals surface area contributed by atoms with Gasteiger partial charge in [-0.1, -0.05) is 18.1 Å². The number of aliphatic hydroxyl groups is 1. The van der Waals surface area contributed by atoms with E-state index >= 15 is 0 Å². The number of ether oxygens (including phenoxy) is 1. The highest BCUT2D eigenvalue weighted by Gasteiger charge is 2.45. The Morgan fingerprint density at radius 2 is 2.17 bits per heavy atom. The summed E-state index contributed by atoms with van der Waals surface area (Å²) in [7, 11) is 1.48. The largest absolute Gasteiger partial charge is 0.458 e. The fraction of sp³-hybridized carbons (Fsp3) is 0.273. The average Bonchev–Trinajstić information content (AvgIpc) is 3.11. The number of cyclic esters (lactones) is 1. The van der Waals surface area contributed by atoms with E-state index in [0.717, 1.165) is 22.0 Å². The second-order valence-corrected chi connectivity index (χ2v) is 7.47. The summed E-state index contributed by atoms with van der Waals surface area (Å²) in [6.45, 7) is 1.92. The number of aromatic nitrogens is 2. The van der Waals surface area contributed by atoms with E-state index in [9.17, 15) is 14.7 Å². The van der Waals surface area contributed by atoms with Crippen LogP contribution in [-0.2, 0) is 33.1 Å². The highest BCUT2D eigenvalue weighted by atomic mass is 16.6. The molecule has 4 heterocycles. The molecule has 0 radical (unpaired) electrons. The van der Waals surface area contributed by atoms with E-state index in [2.05, 4.69) is 5.16 Å². The highest BCUT2D eigenvalue weighted by Crippen LogP contribution is 2.38. The Labute approximate surface area is 171 Å². The van der Waals surface area contributed by atoms with Gasteiger partial charge in [0.1, 0.15) is 13.7 Å². The fourth-order valence-corrected chi connectivity index (χ4v) is 4.20. The first kappa shape index (κ1) is 18.5. The van der Waals surface area contributed by atoms with E-state index in [1.807, 2.05) is 24.3 Å². The van der Waals surface area contributed by atoms with Crippen LogP contribution >= 0.6 is 0 Å². The predicted molar refractivity (Wildman–Crippen MR) is 109 cm³/mol. The lowest BCUT2D eigenvalue weighted by atomic mass is 9.86. The normalized spacial score (nSPS) is 19.5. The highest BCUT2D eigenvalue weighted by molar-refractivity contribution is 5.91.